The first-order chi connectivity index (χ1) is 13.6. The highest BCUT2D eigenvalue weighted by atomic mass is 35.5. The van der Waals surface area contributed by atoms with E-state index in [1.54, 1.807) is 0 Å². The maximum Gasteiger partial charge on any atom is 0.108 e. The van der Waals surface area contributed by atoms with Crippen LogP contribution in [-0.4, -0.2) is 41.8 Å². The molecule has 0 aliphatic carbocycles. The van der Waals surface area contributed by atoms with Crippen molar-refractivity contribution in [2.24, 2.45) is 0 Å². The molecule has 1 aliphatic heterocycles. The SMILES string of the molecule is CCC1CCCCN1CC(O)COC(c1ccc(Cl)cc1)c1ccc(Cl)cc1.Cl. The van der Waals surface area contributed by atoms with Crippen LogP contribution >= 0.6 is 35.6 Å². The summed E-state index contributed by atoms with van der Waals surface area (Å²) in [4.78, 5) is 2.41. The van der Waals surface area contributed by atoms with Gasteiger partial charge in [0.1, 0.15) is 6.10 Å². The number of ether oxygens (including phenoxy) is 1. The van der Waals surface area contributed by atoms with Crippen LogP contribution in [0.5, 0.6) is 0 Å². The van der Waals surface area contributed by atoms with Crippen molar-refractivity contribution < 1.29 is 9.84 Å². The molecule has 1 fully saturated rings. The van der Waals surface area contributed by atoms with Crippen molar-refractivity contribution in [3.8, 4) is 0 Å². The van der Waals surface area contributed by atoms with E-state index in [2.05, 4.69) is 11.8 Å². The predicted octanol–water partition coefficient (Wildman–Crippen LogP) is 6.15. The minimum atomic E-state index is -0.519. The molecule has 3 nitrogen and oxygen atoms in total. The molecule has 3 rings (SSSR count). The van der Waals surface area contributed by atoms with E-state index in [1.165, 1.54) is 19.3 Å². The normalized spacial score (nSPS) is 18.4. The van der Waals surface area contributed by atoms with Crippen molar-refractivity contribution in [1.29, 1.82) is 0 Å². The van der Waals surface area contributed by atoms with Gasteiger partial charge in [0.15, 0.2) is 0 Å². The number of halogens is 3. The quantitative estimate of drug-likeness (QED) is 0.515. The number of likely N-dealkylation sites (tertiary alicyclic amines) is 1. The second kappa shape index (κ2) is 12.1. The minimum absolute atomic E-state index is 0. The molecule has 1 heterocycles. The summed E-state index contributed by atoms with van der Waals surface area (Å²) in [5, 5.41) is 12.0. The number of hydrogen-bond acceptors (Lipinski definition) is 3. The standard InChI is InChI=1S/C23H29Cl2NO2.ClH/c1-2-21-5-3-4-14-26(21)15-22(27)16-28-23(17-6-10-19(24)11-7-17)18-8-12-20(25)13-9-18;/h6-13,21-23,27H,2-5,14-16H2,1H3;1H. The van der Waals surface area contributed by atoms with Crippen molar-refractivity contribution >= 4 is 35.6 Å². The molecule has 0 radical (unpaired) electrons. The Bertz CT molecular complexity index is 678. The first-order valence-corrected chi connectivity index (χ1v) is 10.9. The lowest BCUT2D eigenvalue weighted by atomic mass is 9.99. The zero-order valence-electron chi connectivity index (χ0n) is 16.8. The predicted molar refractivity (Wildman–Crippen MR) is 123 cm³/mol. The molecule has 1 N–H and O–H groups in total. The van der Waals surface area contributed by atoms with E-state index in [-0.39, 0.29) is 25.1 Å². The summed E-state index contributed by atoms with van der Waals surface area (Å²) in [6.45, 7) is 4.23. The van der Waals surface area contributed by atoms with Crippen LogP contribution in [0.3, 0.4) is 0 Å². The van der Waals surface area contributed by atoms with Crippen LogP contribution in [0.4, 0.5) is 0 Å². The van der Waals surface area contributed by atoms with Gasteiger partial charge in [-0.25, -0.2) is 0 Å². The zero-order valence-corrected chi connectivity index (χ0v) is 19.1. The lowest BCUT2D eigenvalue weighted by Crippen LogP contribution is -2.44. The molecule has 160 valence electrons. The van der Waals surface area contributed by atoms with Gasteiger partial charge < -0.3 is 9.84 Å². The van der Waals surface area contributed by atoms with Crippen molar-refractivity contribution in [2.75, 3.05) is 19.7 Å². The average molecular weight is 459 g/mol. The third-order valence-electron chi connectivity index (χ3n) is 5.47. The number of aliphatic hydroxyl groups excluding tert-OH is 1. The third kappa shape index (κ3) is 7.13. The summed E-state index contributed by atoms with van der Waals surface area (Å²) in [6.07, 6.45) is 4.06. The molecule has 0 bridgehead atoms. The lowest BCUT2D eigenvalue weighted by molar-refractivity contribution is -0.0187. The van der Waals surface area contributed by atoms with Crippen molar-refractivity contribution in [2.45, 2.75) is 50.9 Å². The first kappa shape index (κ1) is 24.5. The number of benzene rings is 2. The highest BCUT2D eigenvalue weighted by Gasteiger charge is 2.24. The fourth-order valence-electron chi connectivity index (χ4n) is 3.95. The Morgan fingerprint density at radius 3 is 2.07 bits per heavy atom. The summed E-state index contributed by atoms with van der Waals surface area (Å²) in [5.74, 6) is 0. The summed E-state index contributed by atoms with van der Waals surface area (Å²) in [6, 6.07) is 15.9. The van der Waals surface area contributed by atoms with Gasteiger partial charge in [-0.3, -0.25) is 4.90 Å². The van der Waals surface area contributed by atoms with E-state index in [0.29, 0.717) is 22.6 Å². The maximum absolute atomic E-state index is 10.6. The molecular formula is C23H30Cl3NO2. The Balaban J connectivity index is 0.00000300. The van der Waals surface area contributed by atoms with Gasteiger partial charge in [0.05, 0.1) is 12.7 Å². The Kier molecular flexibility index (Phi) is 10.2. The Morgan fingerprint density at radius 2 is 1.55 bits per heavy atom. The van der Waals surface area contributed by atoms with Crippen LogP contribution in [0.15, 0.2) is 48.5 Å². The van der Waals surface area contributed by atoms with Gasteiger partial charge in [0, 0.05) is 22.6 Å². The van der Waals surface area contributed by atoms with Crippen LogP contribution < -0.4 is 0 Å². The molecule has 2 unspecified atom stereocenters. The van der Waals surface area contributed by atoms with Crippen LogP contribution in [0.2, 0.25) is 10.0 Å². The first-order valence-electron chi connectivity index (χ1n) is 10.1. The summed E-state index contributed by atoms with van der Waals surface area (Å²) in [7, 11) is 0. The highest BCUT2D eigenvalue weighted by molar-refractivity contribution is 6.30. The molecule has 0 saturated carbocycles. The molecule has 2 atom stereocenters. The van der Waals surface area contributed by atoms with Crippen LogP contribution in [-0.2, 0) is 4.74 Å². The molecule has 0 spiro atoms. The Hall–Kier alpha value is -0.810. The van der Waals surface area contributed by atoms with Crippen LogP contribution in [0.25, 0.3) is 0 Å². The van der Waals surface area contributed by atoms with E-state index >= 15 is 0 Å². The lowest BCUT2D eigenvalue weighted by Gasteiger charge is -2.36. The van der Waals surface area contributed by atoms with Crippen molar-refractivity contribution in [1.82, 2.24) is 4.90 Å². The molecule has 29 heavy (non-hydrogen) atoms. The van der Waals surface area contributed by atoms with E-state index < -0.39 is 6.10 Å². The Labute approximate surface area is 190 Å². The summed E-state index contributed by atoms with van der Waals surface area (Å²) >= 11 is 12.1. The molecule has 6 heteroatoms. The van der Waals surface area contributed by atoms with Crippen LogP contribution in [0.1, 0.15) is 49.8 Å². The monoisotopic (exact) mass is 457 g/mol. The summed E-state index contributed by atoms with van der Waals surface area (Å²) in [5.41, 5.74) is 2.01. The van der Waals surface area contributed by atoms with E-state index in [1.807, 2.05) is 48.5 Å². The fourth-order valence-corrected chi connectivity index (χ4v) is 4.21. The van der Waals surface area contributed by atoms with Crippen molar-refractivity contribution in [3.05, 3.63) is 69.7 Å². The number of piperidine rings is 1. The molecule has 0 aromatic heterocycles. The van der Waals surface area contributed by atoms with E-state index in [4.69, 9.17) is 27.9 Å². The minimum Gasteiger partial charge on any atom is -0.389 e. The summed E-state index contributed by atoms with van der Waals surface area (Å²) < 4.78 is 6.20. The number of hydrogen-bond donors (Lipinski definition) is 1. The number of β-amino-alcohol motifs (C(OH)–C–C–N with tert-alkyl or cyclic N) is 1. The number of rotatable bonds is 8. The van der Waals surface area contributed by atoms with Gasteiger partial charge in [-0.2, -0.15) is 0 Å². The van der Waals surface area contributed by atoms with Crippen molar-refractivity contribution in [3.63, 3.8) is 0 Å². The van der Waals surface area contributed by atoms with Crippen LogP contribution in [0, 0.1) is 0 Å². The fraction of sp³-hybridized carbons (Fsp3) is 0.478. The highest BCUT2D eigenvalue weighted by Crippen LogP contribution is 2.28. The topological polar surface area (TPSA) is 32.7 Å². The molecule has 2 aromatic rings. The van der Waals surface area contributed by atoms with Gasteiger partial charge in [-0.05, 0) is 61.2 Å². The molecule has 0 amide bonds. The average Bonchev–Trinajstić information content (AvgIpc) is 2.71. The zero-order chi connectivity index (χ0) is 19.9. The second-order valence-corrected chi connectivity index (χ2v) is 8.40. The molecule has 2 aromatic carbocycles. The van der Waals surface area contributed by atoms with Gasteiger partial charge in [0.2, 0.25) is 0 Å². The molecule has 1 saturated heterocycles. The molecular weight excluding hydrogens is 429 g/mol. The van der Waals surface area contributed by atoms with E-state index in [9.17, 15) is 5.11 Å². The maximum atomic E-state index is 10.6. The van der Waals surface area contributed by atoms with Gasteiger partial charge >= 0.3 is 0 Å². The largest absolute Gasteiger partial charge is 0.389 e. The smallest absolute Gasteiger partial charge is 0.108 e. The second-order valence-electron chi connectivity index (χ2n) is 7.52. The number of nitrogens with zero attached hydrogens (tertiary/aromatic N) is 1. The van der Waals surface area contributed by atoms with E-state index in [0.717, 1.165) is 24.1 Å². The van der Waals surface area contributed by atoms with Gasteiger partial charge in [0.25, 0.3) is 0 Å². The van der Waals surface area contributed by atoms with Gasteiger partial charge in [-0.1, -0.05) is 60.8 Å². The molecule has 1 aliphatic rings. The number of aliphatic hydroxyl groups is 1. The third-order valence-corrected chi connectivity index (χ3v) is 5.97. The Morgan fingerprint density at radius 1 is 1.00 bits per heavy atom. The van der Waals surface area contributed by atoms with Gasteiger partial charge in [-0.15, -0.1) is 12.4 Å².